The predicted molar refractivity (Wildman–Crippen MR) is 109 cm³/mol. The Kier molecular flexibility index (Phi) is 4.83. The van der Waals surface area contributed by atoms with Crippen LogP contribution in [-0.4, -0.2) is 23.0 Å². The minimum absolute atomic E-state index is 0.168. The summed E-state index contributed by atoms with van der Waals surface area (Å²) in [6, 6.07) is 13.1. The molecule has 0 unspecified atom stereocenters. The van der Waals surface area contributed by atoms with Gasteiger partial charge in [0.15, 0.2) is 5.13 Å². The first-order chi connectivity index (χ1) is 13.6. The molecule has 6 nitrogen and oxygen atoms in total. The van der Waals surface area contributed by atoms with Gasteiger partial charge in [0.25, 0.3) is 5.91 Å². The number of amides is 1. The number of rotatable bonds is 5. The number of methoxy groups -OCH3 is 1. The van der Waals surface area contributed by atoms with Crippen LogP contribution in [0.2, 0.25) is 0 Å². The Morgan fingerprint density at radius 2 is 2.07 bits per heavy atom. The van der Waals surface area contributed by atoms with Crippen LogP contribution >= 0.6 is 11.3 Å². The minimum Gasteiger partial charge on any atom is -0.494 e. The van der Waals surface area contributed by atoms with Gasteiger partial charge in [-0.3, -0.25) is 14.7 Å². The highest BCUT2D eigenvalue weighted by molar-refractivity contribution is 7.22. The Morgan fingerprint density at radius 3 is 2.75 bits per heavy atom. The molecule has 0 saturated carbocycles. The molecule has 28 heavy (non-hydrogen) atoms. The van der Waals surface area contributed by atoms with Crippen molar-refractivity contribution in [3.8, 4) is 5.75 Å². The number of carbonyl (C=O) groups excluding carboxylic acids is 1. The molecule has 0 spiro atoms. The summed E-state index contributed by atoms with van der Waals surface area (Å²) in [5.74, 6) is 1.80. The van der Waals surface area contributed by atoms with Gasteiger partial charge in [-0.25, -0.2) is 4.98 Å². The molecule has 0 radical (unpaired) electrons. The third kappa shape index (κ3) is 3.36. The van der Waals surface area contributed by atoms with Gasteiger partial charge in [0.2, 0.25) is 0 Å². The highest BCUT2D eigenvalue weighted by Crippen LogP contribution is 2.35. The van der Waals surface area contributed by atoms with E-state index in [1.54, 1.807) is 31.2 Å². The summed E-state index contributed by atoms with van der Waals surface area (Å²) in [6.45, 7) is 3.93. The van der Waals surface area contributed by atoms with E-state index in [1.165, 1.54) is 11.3 Å². The monoisotopic (exact) mass is 393 g/mol. The highest BCUT2D eigenvalue weighted by atomic mass is 32.1. The summed E-state index contributed by atoms with van der Waals surface area (Å²) in [4.78, 5) is 24.1. The lowest BCUT2D eigenvalue weighted by Crippen LogP contribution is -2.30. The van der Waals surface area contributed by atoms with Gasteiger partial charge >= 0.3 is 0 Å². The van der Waals surface area contributed by atoms with Crippen molar-refractivity contribution in [3.05, 3.63) is 71.4 Å². The van der Waals surface area contributed by atoms with Crippen LogP contribution in [-0.2, 0) is 6.54 Å². The molecule has 7 heteroatoms. The summed E-state index contributed by atoms with van der Waals surface area (Å²) >= 11 is 1.45. The first-order valence-electron chi connectivity index (χ1n) is 8.79. The van der Waals surface area contributed by atoms with Crippen LogP contribution in [0.15, 0.2) is 53.1 Å². The van der Waals surface area contributed by atoms with Gasteiger partial charge in [-0.05, 0) is 44.2 Å². The largest absolute Gasteiger partial charge is 0.494 e. The normalized spacial score (nSPS) is 11.0. The quantitative estimate of drug-likeness (QED) is 0.489. The SMILES string of the molecule is COc1cccc2sc(N(Cc3ccccn3)C(=O)c3cc(C)oc3C)nc12. The van der Waals surface area contributed by atoms with E-state index in [0.29, 0.717) is 34.5 Å². The van der Waals surface area contributed by atoms with Gasteiger partial charge in [0.05, 0.1) is 29.6 Å². The molecule has 0 fully saturated rings. The van der Waals surface area contributed by atoms with Crippen LogP contribution in [0.1, 0.15) is 27.6 Å². The Labute approximate surface area is 166 Å². The fraction of sp³-hybridized carbons (Fsp3) is 0.190. The molecule has 0 aliphatic rings. The number of aryl methyl sites for hydroxylation is 2. The molecule has 0 bridgehead atoms. The number of nitrogens with zero attached hydrogens (tertiary/aromatic N) is 3. The zero-order valence-electron chi connectivity index (χ0n) is 15.8. The maximum absolute atomic E-state index is 13.4. The third-order valence-electron chi connectivity index (χ3n) is 4.38. The Bertz CT molecular complexity index is 1130. The Hall–Kier alpha value is -3.19. The number of aromatic nitrogens is 2. The summed E-state index contributed by atoms with van der Waals surface area (Å²) in [5.41, 5.74) is 2.04. The molecule has 1 amide bonds. The van der Waals surface area contributed by atoms with Crippen LogP contribution < -0.4 is 9.64 Å². The smallest absolute Gasteiger partial charge is 0.263 e. The first-order valence-corrected chi connectivity index (χ1v) is 9.61. The van der Waals surface area contributed by atoms with Crippen molar-refractivity contribution in [3.63, 3.8) is 0 Å². The van der Waals surface area contributed by atoms with Crippen molar-refractivity contribution in [2.75, 3.05) is 12.0 Å². The summed E-state index contributed by atoms with van der Waals surface area (Å²) in [5, 5.41) is 0.591. The van der Waals surface area contributed by atoms with E-state index in [1.807, 2.05) is 43.3 Å². The second-order valence-corrected chi connectivity index (χ2v) is 7.35. The van der Waals surface area contributed by atoms with E-state index in [4.69, 9.17) is 14.1 Å². The number of thiazole rings is 1. The Balaban J connectivity index is 1.81. The number of hydrogen-bond acceptors (Lipinski definition) is 6. The summed E-state index contributed by atoms with van der Waals surface area (Å²) in [7, 11) is 1.61. The molecular weight excluding hydrogens is 374 g/mol. The number of benzene rings is 1. The predicted octanol–water partition coefficient (Wildman–Crippen LogP) is 4.76. The maximum atomic E-state index is 13.4. The second kappa shape index (κ2) is 7.44. The molecule has 0 N–H and O–H groups in total. The van der Waals surface area contributed by atoms with E-state index in [0.717, 1.165) is 15.9 Å². The topological polar surface area (TPSA) is 68.5 Å². The van der Waals surface area contributed by atoms with Crippen molar-refractivity contribution in [1.82, 2.24) is 9.97 Å². The van der Waals surface area contributed by atoms with E-state index in [9.17, 15) is 4.79 Å². The number of para-hydroxylation sites is 1. The molecular formula is C21H19N3O3S. The number of ether oxygens (including phenoxy) is 1. The molecule has 4 aromatic rings. The average molecular weight is 393 g/mol. The molecule has 0 aliphatic carbocycles. The molecule has 3 aromatic heterocycles. The number of furan rings is 1. The third-order valence-corrected chi connectivity index (χ3v) is 5.43. The van der Waals surface area contributed by atoms with E-state index in [2.05, 4.69) is 4.98 Å². The van der Waals surface area contributed by atoms with Crippen molar-refractivity contribution >= 4 is 32.6 Å². The molecule has 0 saturated heterocycles. The van der Waals surface area contributed by atoms with E-state index >= 15 is 0 Å². The maximum Gasteiger partial charge on any atom is 0.263 e. The number of carbonyl (C=O) groups is 1. The number of anilines is 1. The fourth-order valence-electron chi connectivity index (χ4n) is 3.06. The van der Waals surface area contributed by atoms with Crippen molar-refractivity contribution < 1.29 is 13.9 Å². The van der Waals surface area contributed by atoms with Gasteiger partial charge in [0, 0.05) is 6.20 Å². The van der Waals surface area contributed by atoms with E-state index in [-0.39, 0.29) is 5.91 Å². The summed E-state index contributed by atoms with van der Waals surface area (Å²) < 4.78 is 11.9. The standard InChI is InChI=1S/C21H19N3O3S/c1-13-11-16(14(2)27-13)20(25)24(12-15-7-4-5-10-22-15)21-23-19-17(26-3)8-6-9-18(19)28-21/h4-11H,12H2,1-3H3. The van der Waals surface area contributed by atoms with Gasteiger partial charge < -0.3 is 9.15 Å². The fourth-order valence-corrected chi connectivity index (χ4v) is 4.04. The number of pyridine rings is 1. The Morgan fingerprint density at radius 1 is 1.21 bits per heavy atom. The molecule has 0 aliphatic heterocycles. The molecule has 142 valence electrons. The van der Waals surface area contributed by atoms with Crippen LogP contribution in [0.25, 0.3) is 10.2 Å². The molecule has 3 heterocycles. The average Bonchev–Trinajstić information content (AvgIpc) is 3.28. The molecule has 4 rings (SSSR count). The lowest BCUT2D eigenvalue weighted by molar-refractivity contribution is 0.0983. The van der Waals surface area contributed by atoms with E-state index < -0.39 is 0 Å². The van der Waals surface area contributed by atoms with Crippen LogP contribution in [0, 0.1) is 13.8 Å². The van der Waals surface area contributed by atoms with Gasteiger partial charge in [-0.2, -0.15) is 0 Å². The number of hydrogen-bond donors (Lipinski definition) is 0. The van der Waals surface area contributed by atoms with Gasteiger partial charge in [0.1, 0.15) is 22.8 Å². The zero-order valence-corrected chi connectivity index (χ0v) is 16.6. The van der Waals surface area contributed by atoms with Crippen LogP contribution in [0.4, 0.5) is 5.13 Å². The van der Waals surface area contributed by atoms with Crippen LogP contribution in [0.3, 0.4) is 0 Å². The molecule has 1 aromatic carbocycles. The molecule has 0 atom stereocenters. The van der Waals surface area contributed by atoms with Crippen molar-refractivity contribution in [2.24, 2.45) is 0 Å². The minimum atomic E-state index is -0.168. The zero-order chi connectivity index (χ0) is 19.7. The lowest BCUT2D eigenvalue weighted by Gasteiger charge is -2.19. The second-order valence-electron chi connectivity index (χ2n) is 6.34. The van der Waals surface area contributed by atoms with Crippen LogP contribution in [0.5, 0.6) is 5.75 Å². The summed E-state index contributed by atoms with van der Waals surface area (Å²) in [6.07, 6.45) is 1.71. The van der Waals surface area contributed by atoms with Gasteiger partial charge in [-0.15, -0.1) is 0 Å². The van der Waals surface area contributed by atoms with Crippen molar-refractivity contribution in [2.45, 2.75) is 20.4 Å². The first kappa shape index (κ1) is 18.2. The number of fused-ring (bicyclic) bond motifs is 1. The lowest BCUT2D eigenvalue weighted by atomic mass is 10.2. The van der Waals surface area contributed by atoms with Gasteiger partial charge in [-0.1, -0.05) is 23.5 Å². The van der Waals surface area contributed by atoms with Crippen molar-refractivity contribution in [1.29, 1.82) is 0 Å². The highest BCUT2D eigenvalue weighted by Gasteiger charge is 2.25.